The van der Waals surface area contributed by atoms with Crippen LogP contribution in [0.5, 0.6) is 5.75 Å². The number of ether oxygens (including phenoxy) is 1. The molecule has 0 radical (unpaired) electrons. The van der Waals surface area contributed by atoms with Crippen molar-refractivity contribution >= 4 is 11.6 Å². The molecule has 0 aliphatic heterocycles. The van der Waals surface area contributed by atoms with Crippen LogP contribution in [0.25, 0.3) is 5.69 Å². The van der Waals surface area contributed by atoms with Crippen molar-refractivity contribution in [3.8, 4) is 11.4 Å². The highest BCUT2D eigenvalue weighted by molar-refractivity contribution is 6.30. The van der Waals surface area contributed by atoms with Crippen molar-refractivity contribution in [2.45, 2.75) is 13.1 Å². The number of nitrogens with zero attached hydrogens (tertiary/aromatic N) is 2. The van der Waals surface area contributed by atoms with Crippen molar-refractivity contribution in [1.82, 2.24) is 15.1 Å². The van der Waals surface area contributed by atoms with Gasteiger partial charge in [-0.25, -0.2) is 4.68 Å². The van der Waals surface area contributed by atoms with E-state index in [4.69, 9.17) is 16.3 Å². The van der Waals surface area contributed by atoms with E-state index in [1.54, 1.807) is 7.11 Å². The summed E-state index contributed by atoms with van der Waals surface area (Å²) >= 11 is 5.90. The Labute approximate surface area is 140 Å². The van der Waals surface area contributed by atoms with Crippen molar-refractivity contribution in [3.05, 3.63) is 77.1 Å². The number of benzene rings is 2. The average Bonchev–Trinajstić information content (AvgIpc) is 3.05. The molecule has 0 saturated heterocycles. The van der Waals surface area contributed by atoms with Gasteiger partial charge in [0.15, 0.2) is 0 Å². The maximum Gasteiger partial charge on any atom is 0.118 e. The van der Waals surface area contributed by atoms with Crippen molar-refractivity contribution in [2.24, 2.45) is 0 Å². The maximum absolute atomic E-state index is 5.90. The number of hydrogen-bond acceptors (Lipinski definition) is 3. The third-order valence-electron chi connectivity index (χ3n) is 3.54. The number of rotatable bonds is 6. The van der Waals surface area contributed by atoms with Crippen LogP contribution >= 0.6 is 11.6 Å². The molecule has 3 aromatic rings. The number of halogens is 1. The predicted octanol–water partition coefficient (Wildman–Crippen LogP) is 3.82. The van der Waals surface area contributed by atoms with Crippen LogP contribution in [0.2, 0.25) is 5.02 Å². The molecule has 1 aromatic heterocycles. The van der Waals surface area contributed by atoms with Crippen LogP contribution in [0, 0.1) is 0 Å². The van der Waals surface area contributed by atoms with Gasteiger partial charge in [0, 0.05) is 29.9 Å². The lowest BCUT2D eigenvalue weighted by molar-refractivity contribution is 0.414. The summed E-state index contributed by atoms with van der Waals surface area (Å²) in [6, 6.07) is 15.7. The van der Waals surface area contributed by atoms with Gasteiger partial charge in [0.05, 0.1) is 19.0 Å². The quantitative estimate of drug-likeness (QED) is 0.748. The standard InChI is InChI=1S/C18H18ClN3O/c1-23-18-8-2-14(3-9-18)10-20-11-15-12-21-22(13-15)17-6-4-16(19)5-7-17/h2-9,12-13,20H,10-11H2,1H3. The fraction of sp³-hybridized carbons (Fsp3) is 0.167. The van der Waals surface area contributed by atoms with Crippen LogP contribution in [0.15, 0.2) is 60.9 Å². The first-order valence-electron chi connectivity index (χ1n) is 7.38. The molecular weight excluding hydrogens is 310 g/mol. The lowest BCUT2D eigenvalue weighted by Gasteiger charge is -2.05. The lowest BCUT2D eigenvalue weighted by atomic mass is 10.2. The van der Waals surface area contributed by atoms with E-state index in [0.29, 0.717) is 0 Å². The zero-order valence-electron chi connectivity index (χ0n) is 12.9. The highest BCUT2D eigenvalue weighted by Crippen LogP contribution is 2.14. The van der Waals surface area contributed by atoms with Gasteiger partial charge in [-0.3, -0.25) is 0 Å². The van der Waals surface area contributed by atoms with Crippen LogP contribution in [0.4, 0.5) is 0 Å². The Morgan fingerprint density at radius 2 is 1.70 bits per heavy atom. The number of nitrogens with one attached hydrogen (secondary N) is 1. The highest BCUT2D eigenvalue weighted by atomic mass is 35.5. The minimum atomic E-state index is 0.724. The zero-order chi connectivity index (χ0) is 16.1. The Balaban J connectivity index is 1.55. The highest BCUT2D eigenvalue weighted by Gasteiger charge is 2.01. The SMILES string of the molecule is COc1ccc(CNCc2cnn(-c3ccc(Cl)cc3)c2)cc1. The third-order valence-corrected chi connectivity index (χ3v) is 3.80. The second kappa shape index (κ2) is 7.31. The predicted molar refractivity (Wildman–Crippen MR) is 92.1 cm³/mol. The Hall–Kier alpha value is -2.30. The molecule has 3 rings (SSSR count). The average molecular weight is 328 g/mol. The van der Waals surface area contributed by atoms with E-state index in [-0.39, 0.29) is 0 Å². The zero-order valence-corrected chi connectivity index (χ0v) is 13.6. The van der Waals surface area contributed by atoms with E-state index in [0.717, 1.165) is 35.1 Å². The van der Waals surface area contributed by atoms with Gasteiger partial charge in [-0.2, -0.15) is 5.10 Å². The van der Waals surface area contributed by atoms with Crippen LogP contribution < -0.4 is 10.1 Å². The molecule has 4 nitrogen and oxygen atoms in total. The van der Waals surface area contributed by atoms with Gasteiger partial charge in [-0.1, -0.05) is 23.7 Å². The van der Waals surface area contributed by atoms with Gasteiger partial charge < -0.3 is 10.1 Å². The largest absolute Gasteiger partial charge is 0.497 e. The van der Waals surface area contributed by atoms with Crippen LogP contribution in [-0.4, -0.2) is 16.9 Å². The summed E-state index contributed by atoms with van der Waals surface area (Å²) in [5.41, 5.74) is 3.35. The minimum absolute atomic E-state index is 0.724. The number of aromatic nitrogens is 2. The molecule has 0 amide bonds. The van der Waals surface area contributed by atoms with E-state index < -0.39 is 0 Å². The molecule has 0 saturated carbocycles. The molecule has 0 unspecified atom stereocenters. The molecule has 0 spiro atoms. The summed E-state index contributed by atoms with van der Waals surface area (Å²) in [5.74, 6) is 0.873. The number of methoxy groups -OCH3 is 1. The van der Waals surface area contributed by atoms with E-state index in [9.17, 15) is 0 Å². The van der Waals surface area contributed by atoms with Gasteiger partial charge in [-0.15, -0.1) is 0 Å². The van der Waals surface area contributed by atoms with E-state index in [1.807, 2.05) is 53.5 Å². The summed E-state index contributed by atoms with van der Waals surface area (Å²) in [5, 5.41) is 8.52. The molecule has 23 heavy (non-hydrogen) atoms. The van der Waals surface area contributed by atoms with Crippen LogP contribution in [0.1, 0.15) is 11.1 Å². The molecule has 1 N–H and O–H groups in total. The first-order valence-corrected chi connectivity index (χ1v) is 7.75. The first-order chi connectivity index (χ1) is 11.2. The lowest BCUT2D eigenvalue weighted by Crippen LogP contribution is -2.12. The van der Waals surface area contributed by atoms with E-state index >= 15 is 0 Å². The van der Waals surface area contributed by atoms with Gasteiger partial charge >= 0.3 is 0 Å². The summed E-state index contributed by atoms with van der Waals surface area (Å²) in [7, 11) is 1.67. The minimum Gasteiger partial charge on any atom is -0.497 e. The van der Waals surface area contributed by atoms with E-state index in [1.165, 1.54) is 5.56 Å². The van der Waals surface area contributed by atoms with Gasteiger partial charge in [0.2, 0.25) is 0 Å². The second-order valence-corrected chi connectivity index (χ2v) is 5.66. The molecular formula is C18H18ClN3O. The van der Waals surface area contributed by atoms with Gasteiger partial charge in [0.1, 0.15) is 5.75 Å². The Bertz CT molecular complexity index is 751. The molecule has 0 bridgehead atoms. The Kier molecular flexibility index (Phi) is 4.95. The Morgan fingerprint density at radius 3 is 2.39 bits per heavy atom. The summed E-state index contributed by atoms with van der Waals surface area (Å²) < 4.78 is 7.00. The summed E-state index contributed by atoms with van der Waals surface area (Å²) in [4.78, 5) is 0. The molecule has 0 atom stereocenters. The van der Waals surface area contributed by atoms with E-state index in [2.05, 4.69) is 22.5 Å². The normalized spacial score (nSPS) is 10.7. The fourth-order valence-corrected chi connectivity index (χ4v) is 2.41. The molecule has 2 aromatic carbocycles. The van der Waals surface area contributed by atoms with Gasteiger partial charge in [-0.05, 0) is 42.0 Å². The third kappa shape index (κ3) is 4.12. The van der Waals surface area contributed by atoms with Crippen molar-refractivity contribution in [3.63, 3.8) is 0 Å². The molecule has 118 valence electrons. The van der Waals surface area contributed by atoms with Crippen molar-refractivity contribution in [1.29, 1.82) is 0 Å². The topological polar surface area (TPSA) is 39.1 Å². The molecule has 0 fully saturated rings. The fourth-order valence-electron chi connectivity index (χ4n) is 2.28. The molecule has 5 heteroatoms. The first kappa shape index (κ1) is 15.6. The smallest absolute Gasteiger partial charge is 0.118 e. The molecule has 1 heterocycles. The van der Waals surface area contributed by atoms with Crippen LogP contribution in [0.3, 0.4) is 0 Å². The number of hydrogen-bond donors (Lipinski definition) is 1. The summed E-state index contributed by atoms with van der Waals surface area (Å²) in [6.45, 7) is 1.57. The van der Waals surface area contributed by atoms with Crippen molar-refractivity contribution < 1.29 is 4.74 Å². The molecule has 0 aliphatic rings. The second-order valence-electron chi connectivity index (χ2n) is 5.22. The van der Waals surface area contributed by atoms with Crippen molar-refractivity contribution in [2.75, 3.05) is 7.11 Å². The Morgan fingerprint density at radius 1 is 1.00 bits per heavy atom. The maximum atomic E-state index is 5.90. The summed E-state index contributed by atoms with van der Waals surface area (Å²) in [6.07, 6.45) is 3.89. The van der Waals surface area contributed by atoms with Crippen LogP contribution in [-0.2, 0) is 13.1 Å². The van der Waals surface area contributed by atoms with Gasteiger partial charge in [0.25, 0.3) is 0 Å². The molecule has 0 aliphatic carbocycles. The monoisotopic (exact) mass is 327 g/mol.